The van der Waals surface area contributed by atoms with E-state index in [4.69, 9.17) is 5.21 Å². The molecule has 0 spiro atoms. The molecule has 4 nitrogen and oxygen atoms in total. The lowest BCUT2D eigenvalue weighted by molar-refractivity contribution is -0.515. The molecule has 0 amide bonds. The molecule has 0 aromatic carbocycles. The van der Waals surface area contributed by atoms with Gasteiger partial charge in [0.1, 0.15) is 0 Å². The molecule has 0 unspecified atom stereocenters. The maximum absolute atomic E-state index is 10.7. The van der Waals surface area contributed by atoms with Gasteiger partial charge in [-0.1, -0.05) is 0 Å². The van der Waals surface area contributed by atoms with Crippen molar-refractivity contribution in [3.05, 3.63) is 5.21 Å². The van der Waals surface area contributed by atoms with Crippen molar-refractivity contribution in [2.75, 3.05) is 13.2 Å². The van der Waals surface area contributed by atoms with Crippen LogP contribution in [0.1, 0.15) is 13.3 Å². The summed E-state index contributed by atoms with van der Waals surface area (Å²) in [5.74, 6) is 0. The monoisotopic (exact) mass is 130 g/mol. The first kappa shape index (κ1) is 6.51. The fraction of sp³-hybridized carbons (Fsp3) is 0.800. The van der Waals surface area contributed by atoms with Crippen LogP contribution in [-0.2, 0) is 0 Å². The fourth-order valence-corrected chi connectivity index (χ4v) is 0.755. The maximum Gasteiger partial charge on any atom is 0.230 e. The van der Waals surface area contributed by atoms with Crippen molar-refractivity contribution < 1.29 is 9.95 Å². The van der Waals surface area contributed by atoms with E-state index < -0.39 is 0 Å². The minimum atomic E-state index is 0.0891. The smallest absolute Gasteiger partial charge is 0.230 e. The molecule has 0 aliphatic carbocycles. The summed E-state index contributed by atoms with van der Waals surface area (Å²) in [5, 5.41) is 20.5. The number of rotatable bonds is 0. The minimum absolute atomic E-state index is 0.0891. The largest absolute Gasteiger partial charge is 0.623 e. The molecular formula is C5H10N2O2. The molecule has 0 aromatic heterocycles. The summed E-state index contributed by atoms with van der Waals surface area (Å²) in [5.41, 5.74) is 0.792. The Hall–Kier alpha value is -0.610. The Kier molecular flexibility index (Phi) is 1.68. The topological polar surface area (TPSA) is 49.5 Å². The number of hydroxylamine groups is 3. The standard InChI is InChI=1S/C5H10N2O2/c1-5-2-3-6(8)4-7(5)9/h8H,2-4H2,1H3. The normalized spacial score (nSPS) is 22.9. The molecular weight excluding hydrogens is 120 g/mol. The van der Waals surface area contributed by atoms with Gasteiger partial charge in [-0.25, -0.2) is 0 Å². The van der Waals surface area contributed by atoms with E-state index in [2.05, 4.69) is 0 Å². The molecule has 4 heteroatoms. The molecule has 1 heterocycles. The second-order valence-electron chi connectivity index (χ2n) is 2.24. The van der Waals surface area contributed by atoms with Crippen molar-refractivity contribution in [1.82, 2.24) is 5.06 Å². The van der Waals surface area contributed by atoms with E-state index in [1.54, 1.807) is 6.92 Å². The van der Waals surface area contributed by atoms with Gasteiger partial charge in [0.15, 0.2) is 5.71 Å². The number of hydrogen-bond acceptors (Lipinski definition) is 3. The summed E-state index contributed by atoms with van der Waals surface area (Å²) < 4.78 is 0.795. The summed E-state index contributed by atoms with van der Waals surface area (Å²) in [6.07, 6.45) is 0.667. The van der Waals surface area contributed by atoms with Crippen LogP contribution in [0.2, 0.25) is 0 Å². The van der Waals surface area contributed by atoms with Gasteiger partial charge in [-0.2, -0.15) is 4.74 Å². The molecule has 1 aliphatic rings. The summed E-state index contributed by atoms with van der Waals surface area (Å²) in [6, 6.07) is 0. The summed E-state index contributed by atoms with van der Waals surface area (Å²) in [7, 11) is 0. The van der Waals surface area contributed by atoms with Gasteiger partial charge in [-0.05, 0) is 0 Å². The predicted molar refractivity (Wildman–Crippen MR) is 32.3 cm³/mol. The third kappa shape index (κ3) is 1.40. The summed E-state index contributed by atoms with van der Waals surface area (Å²) >= 11 is 0. The highest BCUT2D eigenvalue weighted by Gasteiger charge is 2.15. The Bertz CT molecular complexity index is 144. The average Bonchev–Trinajstić information content (AvgIpc) is 1.80. The van der Waals surface area contributed by atoms with Crippen LogP contribution < -0.4 is 0 Å². The van der Waals surface area contributed by atoms with Crippen LogP contribution >= 0.6 is 0 Å². The Morgan fingerprint density at radius 3 is 2.89 bits per heavy atom. The average molecular weight is 130 g/mol. The van der Waals surface area contributed by atoms with Gasteiger partial charge in [0, 0.05) is 19.9 Å². The number of hydrogen-bond donors (Lipinski definition) is 1. The highest BCUT2D eigenvalue weighted by molar-refractivity contribution is 5.77. The van der Waals surface area contributed by atoms with Crippen molar-refractivity contribution in [1.29, 1.82) is 0 Å². The summed E-state index contributed by atoms with van der Waals surface area (Å²) in [4.78, 5) is 0. The zero-order valence-electron chi connectivity index (χ0n) is 5.37. The van der Waals surface area contributed by atoms with Gasteiger partial charge in [0.25, 0.3) is 0 Å². The van der Waals surface area contributed by atoms with Crippen LogP contribution in [0.15, 0.2) is 0 Å². The van der Waals surface area contributed by atoms with E-state index in [9.17, 15) is 5.21 Å². The quantitative estimate of drug-likeness (QED) is 0.371. The third-order valence-electron chi connectivity index (χ3n) is 1.45. The second-order valence-corrected chi connectivity index (χ2v) is 2.24. The lowest BCUT2D eigenvalue weighted by Gasteiger charge is -2.19. The van der Waals surface area contributed by atoms with Crippen molar-refractivity contribution in [2.45, 2.75) is 13.3 Å². The van der Waals surface area contributed by atoms with E-state index in [1.165, 1.54) is 0 Å². The van der Waals surface area contributed by atoms with Crippen molar-refractivity contribution in [3.8, 4) is 0 Å². The zero-order chi connectivity index (χ0) is 6.85. The SMILES string of the molecule is CC1=[N+]([O-])CN(O)CC1. The van der Waals surface area contributed by atoms with Gasteiger partial charge < -0.3 is 10.4 Å². The Morgan fingerprint density at radius 1 is 1.78 bits per heavy atom. The molecule has 1 aliphatic heterocycles. The van der Waals surface area contributed by atoms with Crippen LogP contribution in [0.5, 0.6) is 0 Å². The molecule has 0 radical (unpaired) electrons. The van der Waals surface area contributed by atoms with E-state index in [-0.39, 0.29) is 6.67 Å². The molecule has 9 heavy (non-hydrogen) atoms. The molecule has 0 saturated carbocycles. The van der Waals surface area contributed by atoms with Gasteiger partial charge in [-0.15, -0.1) is 5.06 Å². The summed E-state index contributed by atoms with van der Waals surface area (Å²) in [6.45, 7) is 2.44. The van der Waals surface area contributed by atoms with E-state index >= 15 is 0 Å². The van der Waals surface area contributed by atoms with E-state index in [1.807, 2.05) is 0 Å². The van der Waals surface area contributed by atoms with Crippen molar-refractivity contribution in [2.24, 2.45) is 0 Å². The van der Waals surface area contributed by atoms with Crippen LogP contribution in [-0.4, -0.2) is 33.9 Å². The molecule has 0 saturated heterocycles. The lowest BCUT2D eigenvalue weighted by atomic mass is 10.3. The van der Waals surface area contributed by atoms with Crippen molar-refractivity contribution in [3.63, 3.8) is 0 Å². The predicted octanol–water partition coefficient (Wildman–Crippen LogP) is 0.0100. The first-order valence-electron chi connectivity index (χ1n) is 2.91. The first-order valence-corrected chi connectivity index (χ1v) is 2.91. The van der Waals surface area contributed by atoms with Gasteiger partial charge in [0.05, 0.1) is 0 Å². The fourth-order valence-electron chi connectivity index (χ4n) is 0.755. The Morgan fingerprint density at radius 2 is 2.44 bits per heavy atom. The molecule has 52 valence electrons. The van der Waals surface area contributed by atoms with Crippen LogP contribution in [0.25, 0.3) is 0 Å². The van der Waals surface area contributed by atoms with Crippen LogP contribution in [0.4, 0.5) is 0 Å². The maximum atomic E-state index is 10.7. The second kappa shape index (κ2) is 2.33. The van der Waals surface area contributed by atoms with Crippen LogP contribution in [0.3, 0.4) is 0 Å². The first-order chi connectivity index (χ1) is 4.20. The molecule has 0 aromatic rings. The zero-order valence-corrected chi connectivity index (χ0v) is 5.37. The molecule has 1 N–H and O–H groups in total. The third-order valence-corrected chi connectivity index (χ3v) is 1.45. The highest BCUT2D eigenvalue weighted by Crippen LogP contribution is 1.97. The van der Waals surface area contributed by atoms with Gasteiger partial charge >= 0.3 is 0 Å². The minimum Gasteiger partial charge on any atom is -0.623 e. The lowest BCUT2D eigenvalue weighted by Crippen LogP contribution is -2.36. The van der Waals surface area contributed by atoms with E-state index in [0.717, 1.165) is 15.5 Å². The van der Waals surface area contributed by atoms with Crippen molar-refractivity contribution >= 4 is 5.71 Å². The van der Waals surface area contributed by atoms with Gasteiger partial charge in [-0.3, -0.25) is 0 Å². The molecule has 0 bridgehead atoms. The molecule has 0 fully saturated rings. The highest BCUT2D eigenvalue weighted by atomic mass is 16.5. The van der Waals surface area contributed by atoms with Gasteiger partial charge in [0.2, 0.25) is 6.67 Å². The molecule has 0 atom stereocenters. The molecule has 1 rings (SSSR count). The Balaban J connectivity index is 2.61. The van der Waals surface area contributed by atoms with Crippen LogP contribution in [0, 0.1) is 5.21 Å². The van der Waals surface area contributed by atoms with E-state index in [0.29, 0.717) is 13.0 Å². The number of nitrogens with zero attached hydrogens (tertiary/aromatic N) is 2. The Labute approximate surface area is 53.6 Å².